The van der Waals surface area contributed by atoms with E-state index in [1.54, 1.807) is 18.2 Å². The van der Waals surface area contributed by atoms with E-state index >= 15 is 0 Å². The Morgan fingerprint density at radius 3 is 2.95 bits per heavy atom. The van der Waals surface area contributed by atoms with Gasteiger partial charge in [0.15, 0.2) is 0 Å². The van der Waals surface area contributed by atoms with Crippen molar-refractivity contribution in [2.75, 3.05) is 33.2 Å². The highest BCUT2D eigenvalue weighted by atomic mass is 35.5. The molecule has 0 aromatic heterocycles. The number of halogens is 2. The molecule has 0 bridgehead atoms. The third-order valence-electron chi connectivity index (χ3n) is 3.58. The Labute approximate surface area is 124 Å². The molecular formula is C14H20Cl2N2O. The Bertz CT molecular complexity index is 428. The summed E-state index contributed by atoms with van der Waals surface area (Å²) in [6.07, 6.45) is 0.600. The van der Waals surface area contributed by atoms with Gasteiger partial charge in [0.2, 0.25) is 0 Å². The molecule has 0 spiro atoms. The van der Waals surface area contributed by atoms with Gasteiger partial charge < -0.3 is 15.3 Å². The molecule has 1 aromatic rings. The average Bonchev–Trinajstić information content (AvgIpc) is 2.78. The molecular weight excluding hydrogens is 283 g/mol. The maximum Gasteiger partial charge on any atom is 0.0929 e. The monoisotopic (exact) mass is 302 g/mol. The van der Waals surface area contributed by atoms with Crippen LogP contribution in [0.15, 0.2) is 18.2 Å². The highest BCUT2D eigenvalue weighted by molar-refractivity contribution is 6.33. The first kappa shape index (κ1) is 15.1. The number of likely N-dealkylation sites (tertiary alicyclic amines) is 1. The molecule has 0 radical (unpaired) electrons. The zero-order valence-corrected chi connectivity index (χ0v) is 12.6. The second-order valence-electron chi connectivity index (χ2n) is 5.26. The molecule has 1 saturated heterocycles. The summed E-state index contributed by atoms with van der Waals surface area (Å²) in [5.74, 6) is 0.673. The molecule has 0 amide bonds. The van der Waals surface area contributed by atoms with Crippen molar-refractivity contribution in [3.63, 3.8) is 0 Å². The van der Waals surface area contributed by atoms with Crippen LogP contribution in [0.1, 0.15) is 18.1 Å². The summed E-state index contributed by atoms with van der Waals surface area (Å²) < 4.78 is 0. The number of nitrogens with zero attached hydrogens (tertiary/aromatic N) is 1. The van der Waals surface area contributed by atoms with Crippen molar-refractivity contribution < 1.29 is 5.11 Å². The number of hydrogen-bond donors (Lipinski definition) is 2. The molecule has 5 heteroatoms. The summed E-state index contributed by atoms with van der Waals surface area (Å²) >= 11 is 12.0. The first-order valence-corrected chi connectivity index (χ1v) is 7.34. The van der Waals surface area contributed by atoms with Gasteiger partial charge in [-0.2, -0.15) is 0 Å². The van der Waals surface area contributed by atoms with Crippen molar-refractivity contribution in [1.29, 1.82) is 0 Å². The minimum Gasteiger partial charge on any atom is -0.387 e. The van der Waals surface area contributed by atoms with Crippen molar-refractivity contribution in [3.05, 3.63) is 33.8 Å². The van der Waals surface area contributed by atoms with Gasteiger partial charge in [0, 0.05) is 28.7 Å². The van der Waals surface area contributed by atoms with E-state index in [-0.39, 0.29) is 0 Å². The Hall–Kier alpha value is -0.320. The molecule has 19 heavy (non-hydrogen) atoms. The summed E-state index contributed by atoms with van der Waals surface area (Å²) in [4.78, 5) is 2.33. The van der Waals surface area contributed by atoms with Crippen LogP contribution in [0.5, 0.6) is 0 Å². The molecule has 1 aliphatic heterocycles. The zero-order valence-electron chi connectivity index (χ0n) is 11.1. The fourth-order valence-corrected chi connectivity index (χ4v) is 2.92. The van der Waals surface area contributed by atoms with Crippen molar-refractivity contribution in [1.82, 2.24) is 10.2 Å². The predicted molar refractivity (Wildman–Crippen MR) is 79.9 cm³/mol. The minimum absolute atomic E-state index is 0.500. The molecule has 1 aliphatic rings. The van der Waals surface area contributed by atoms with Crippen molar-refractivity contribution in [3.8, 4) is 0 Å². The second-order valence-corrected chi connectivity index (χ2v) is 6.10. The van der Waals surface area contributed by atoms with Crippen LogP contribution in [0.3, 0.4) is 0 Å². The number of benzene rings is 1. The lowest BCUT2D eigenvalue weighted by molar-refractivity contribution is 0.173. The summed E-state index contributed by atoms with van der Waals surface area (Å²) in [7, 11) is 2.14. The topological polar surface area (TPSA) is 35.5 Å². The van der Waals surface area contributed by atoms with E-state index in [9.17, 15) is 5.11 Å². The van der Waals surface area contributed by atoms with E-state index in [0.29, 0.717) is 28.1 Å². The molecule has 0 saturated carbocycles. The third kappa shape index (κ3) is 4.33. The molecule has 0 aliphatic carbocycles. The van der Waals surface area contributed by atoms with E-state index in [4.69, 9.17) is 23.2 Å². The number of aliphatic hydroxyl groups excluding tert-OH is 1. The number of rotatable bonds is 5. The van der Waals surface area contributed by atoms with Crippen LogP contribution < -0.4 is 5.32 Å². The first-order valence-electron chi connectivity index (χ1n) is 6.58. The molecule has 1 heterocycles. The van der Waals surface area contributed by atoms with Gasteiger partial charge in [0.05, 0.1) is 6.10 Å². The van der Waals surface area contributed by atoms with Gasteiger partial charge in [-0.25, -0.2) is 0 Å². The maximum absolute atomic E-state index is 10.1. The highest BCUT2D eigenvalue weighted by Gasteiger charge is 2.19. The van der Waals surface area contributed by atoms with Crippen LogP contribution in [-0.4, -0.2) is 43.2 Å². The van der Waals surface area contributed by atoms with E-state index in [1.165, 1.54) is 6.42 Å². The lowest BCUT2D eigenvalue weighted by atomic mass is 10.1. The van der Waals surface area contributed by atoms with Gasteiger partial charge in [0.25, 0.3) is 0 Å². The van der Waals surface area contributed by atoms with Gasteiger partial charge in [-0.05, 0) is 50.7 Å². The highest BCUT2D eigenvalue weighted by Crippen LogP contribution is 2.26. The standard InChI is InChI=1S/C14H20Cl2N2O/c1-18-5-4-10(9-18)7-17-8-14(19)12-6-11(15)2-3-13(12)16/h2-3,6,10,14,17,19H,4-5,7-9H2,1H3. The summed E-state index contributed by atoms with van der Waals surface area (Å²) in [5, 5.41) is 14.6. The Morgan fingerprint density at radius 2 is 2.26 bits per heavy atom. The van der Waals surface area contributed by atoms with E-state index in [0.717, 1.165) is 19.6 Å². The molecule has 2 rings (SSSR count). The fourth-order valence-electron chi connectivity index (χ4n) is 2.50. The van der Waals surface area contributed by atoms with Crippen molar-refractivity contribution in [2.45, 2.75) is 12.5 Å². The smallest absolute Gasteiger partial charge is 0.0929 e. The quantitative estimate of drug-likeness (QED) is 0.877. The third-order valence-corrected chi connectivity index (χ3v) is 4.16. The summed E-state index contributed by atoms with van der Waals surface area (Å²) in [6.45, 7) is 3.72. The summed E-state index contributed by atoms with van der Waals surface area (Å²) in [5.41, 5.74) is 0.685. The van der Waals surface area contributed by atoms with Gasteiger partial charge in [-0.3, -0.25) is 0 Å². The van der Waals surface area contributed by atoms with Crippen LogP contribution in [0.4, 0.5) is 0 Å². The van der Waals surface area contributed by atoms with Crippen LogP contribution in [0, 0.1) is 5.92 Å². The second kappa shape index (κ2) is 6.91. The minimum atomic E-state index is -0.620. The molecule has 1 fully saturated rings. The Morgan fingerprint density at radius 1 is 1.47 bits per heavy atom. The lowest BCUT2D eigenvalue weighted by Crippen LogP contribution is -2.28. The van der Waals surface area contributed by atoms with Gasteiger partial charge in [-0.15, -0.1) is 0 Å². The van der Waals surface area contributed by atoms with E-state index in [2.05, 4.69) is 17.3 Å². The number of hydrogen-bond acceptors (Lipinski definition) is 3. The van der Waals surface area contributed by atoms with Gasteiger partial charge >= 0.3 is 0 Å². The average molecular weight is 303 g/mol. The molecule has 1 aromatic carbocycles. The van der Waals surface area contributed by atoms with Crippen molar-refractivity contribution >= 4 is 23.2 Å². The van der Waals surface area contributed by atoms with Crippen LogP contribution in [-0.2, 0) is 0 Å². The van der Waals surface area contributed by atoms with Crippen LogP contribution in [0.2, 0.25) is 10.0 Å². The van der Waals surface area contributed by atoms with Gasteiger partial charge in [-0.1, -0.05) is 23.2 Å². The summed E-state index contributed by atoms with van der Waals surface area (Å²) in [6, 6.07) is 5.16. The SMILES string of the molecule is CN1CCC(CNCC(O)c2cc(Cl)ccc2Cl)C1. The maximum atomic E-state index is 10.1. The first-order chi connectivity index (χ1) is 9.06. The lowest BCUT2D eigenvalue weighted by Gasteiger charge is -2.16. The molecule has 2 N–H and O–H groups in total. The van der Waals surface area contributed by atoms with Gasteiger partial charge in [0.1, 0.15) is 0 Å². The number of nitrogens with one attached hydrogen (secondary N) is 1. The van der Waals surface area contributed by atoms with Crippen LogP contribution in [0.25, 0.3) is 0 Å². The normalized spacial score (nSPS) is 21.8. The Kier molecular flexibility index (Phi) is 5.48. The van der Waals surface area contributed by atoms with E-state index < -0.39 is 6.10 Å². The van der Waals surface area contributed by atoms with Crippen molar-refractivity contribution in [2.24, 2.45) is 5.92 Å². The molecule has 2 unspecified atom stereocenters. The molecule has 2 atom stereocenters. The zero-order chi connectivity index (χ0) is 13.8. The van der Waals surface area contributed by atoms with Crippen LogP contribution >= 0.6 is 23.2 Å². The molecule has 106 valence electrons. The molecule has 3 nitrogen and oxygen atoms in total. The Balaban J connectivity index is 1.80. The predicted octanol–water partition coefficient (Wildman–Crippen LogP) is 2.57. The fraction of sp³-hybridized carbons (Fsp3) is 0.571. The van der Waals surface area contributed by atoms with E-state index in [1.807, 2.05) is 0 Å². The number of aliphatic hydroxyl groups is 1. The largest absolute Gasteiger partial charge is 0.387 e.